The van der Waals surface area contributed by atoms with Crippen molar-refractivity contribution in [3.63, 3.8) is 0 Å². The van der Waals surface area contributed by atoms with Gasteiger partial charge in [-0.1, -0.05) is 24.3 Å². The highest BCUT2D eigenvalue weighted by Crippen LogP contribution is 2.26. The summed E-state index contributed by atoms with van der Waals surface area (Å²) in [6.45, 7) is 0. The van der Waals surface area contributed by atoms with Crippen LogP contribution in [0.1, 0.15) is 0 Å². The number of pyridine rings is 2. The Labute approximate surface area is 163 Å². The molecule has 28 heavy (non-hydrogen) atoms. The number of aromatic nitrogens is 2. The molecule has 4 aromatic rings. The van der Waals surface area contributed by atoms with Crippen molar-refractivity contribution < 1.29 is 0 Å². The van der Waals surface area contributed by atoms with Gasteiger partial charge in [0.05, 0.1) is 0 Å². The standard InChI is InChI=1S/C22H20N6/c23-17-9-11-26-22(13-17)28-19-7-3-16(4-8-19)15-1-5-18(6-2-15)27-20-10-12-25-21(24)14-20/h1-14H,(H3,23,26,28)(H3,24,25,27). The third kappa shape index (κ3) is 4.19. The topological polar surface area (TPSA) is 102 Å². The van der Waals surface area contributed by atoms with E-state index in [0.717, 1.165) is 34.0 Å². The van der Waals surface area contributed by atoms with Crippen molar-refractivity contribution in [1.29, 1.82) is 0 Å². The molecule has 6 nitrogen and oxygen atoms in total. The van der Waals surface area contributed by atoms with E-state index in [0.29, 0.717) is 11.5 Å². The molecule has 0 bridgehead atoms. The number of hydrogen-bond donors (Lipinski definition) is 4. The van der Waals surface area contributed by atoms with Gasteiger partial charge in [0.1, 0.15) is 11.6 Å². The van der Waals surface area contributed by atoms with Crippen molar-refractivity contribution in [3.05, 3.63) is 85.2 Å². The predicted octanol–water partition coefficient (Wildman–Crippen LogP) is 4.80. The van der Waals surface area contributed by atoms with Gasteiger partial charge >= 0.3 is 0 Å². The van der Waals surface area contributed by atoms with Gasteiger partial charge in [0.15, 0.2) is 0 Å². The van der Waals surface area contributed by atoms with Crippen molar-refractivity contribution in [2.75, 3.05) is 22.1 Å². The molecule has 0 atom stereocenters. The molecule has 4 rings (SSSR count). The van der Waals surface area contributed by atoms with Crippen molar-refractivity contribution in [3.8, 4) is 11.1 Å². The van der Waals surface area contributed by atoms with Crippen LogP contribution in [-0.4, -0.2) is 9.97 Å². The van der Waals surface area contributed by atoms with Crippen LogP contribution in [0, 0.1) is 0 Å². The Morgan fingerprint density at radius 2 is 1.18 bits per heavy atom. The maximum absolute atomic E-state index is 5.79. The van der Waals surface area contributed by atoms with Crippen LogP contribution < -0.4 is 22.1 Å². The minimum atomic E-state index is 0.490. The summed E-state index contributed by atoms with van der Waals surface area (Å²) in [6.07, 6.45) is 3.36. The Morgan fingerprint density at radius 3 is 1.79 bits per heavy atom. The van der Waals surface area contributed by atoms with Gasteiger partial charge in [-0.15, -0.1) is 0 Å². The van der Waals surface area contributed by atoms with E-state index >= 15 is 0 Å². The number of anilines is 6. The van der Waals surface area contributed by atoms with Crippen LogP contribution in [0.3, 0.4) is 0 Å². The summed E-state index contributed by atoms with van der Waals surface area (Å²) >= 11 is 0. The van der Waals surface area contributed by atoms with Crippen molar-refractivity contribution in [2.24, 2.45) is 0 Å². The molecule has 0 saturated carbocycles. The van der Waals surface area contributed by atoms with Crippen LogP contribution in [0.25, 0.3) is 11.1 Å². The number of benzene rings is 2. The number of rotatable bonds is 5. The molecule has 0 unspecified atom stereocenters. The van der Waals surface area contributed by atoms with Crippen LogP contribution >= 0.6 is 0 Å². The number of nitrogens with one attached hydrogen (secondary N) is 2. The first-order valence-electron chi connectivity index (χ1n) is 8.83. The lowest BCUT2D eigenvalue weighted by Gasteiger charge is -2.09. The summed E-state index contributed by atoms with van der Waals surface area (Å²) in [4.78, 5) is 8.25. The minimum absolute atomic E-state index is 0.490. The van der Waals surface area contributed by atoms with Crippen LogP contribution in [0.15, 0.2) is 85.2 Å². The van der Waals surface area contributed by atoms with E-state index in [9.17, 15) is 0 Å². The van der Waals surface area contributed by atoms with Crippen LogP contribution in [0.5, 0.6) is 0 Å². The van der Waals surface area contributed by atoms with E-state index in [1.54, 1.807) is 30.6 Å². The molecule has 0 aliphatic rings. The first-order chi connectivity index (χ1) is 13.7. The lowest BCUT2D eigenvalue weighted by Crippen LogP contribution is -1.95. The van der Waals surface area contributed by atoms with Gasteiger partial charge in [0.2, 0.25) is 0 Å². The van der Waals surface area contributed by atoms with E-state index in [2.05, 4.69) is 44.9 Å². The summed E-state index contributed by atoms with van der Waals surface area (Å²) in [6, 6.07) is 23.7. The quantitative estimate of drug-likeness (QED) is 0.404. The van der Waals surface area contributed by atoms with E-state index in [1.807, 2.05) is 30.3 Å². The third-order valence-corrected chi connectivity index (χ3v) is 4.23. The maximum atomic E-state index is 5.79. The zero-order valence-electron chi connectivity index (χ0n) is 15.1. The summed E-state index contributed by atoms with van der Waals surface area (Å²) in [5, 5.41) is 6.57. The molecule has 0 aliphatic carbocycles. The maximum Gasteiger partial charge on any atom is 0.132 e. The highest BCUT2D eigenvalue weighted by atomic mass is 15.0. The number of nitrogens with two attached hydrogens (primary N) is 2. The summed E-state index contributed by atoms with van der Waals surface area (Å²) in [7, 11) is 0. The fourth-order valence-electron chi connectivity index (χ4n) is 2.85. The predicted molar refractivity (Wildman–Crippen MR) is 116 cm³/mol. The molecule has 138 valence electrons. The van der Waals surface area contributed by atoms with Crippen LogP contribution in [0.4, 0.5) is 34.4 Å². The molecule has 0 spiro atoms. The van der Waals surface area contributed by atoms with Gasteiger partial charge in [-0.05, 0) is 47.5 Å². The first kappa shape index (κ1) is 17.4. The Hall–Kier alpha value is -4.06. The van der Waals surface area contributed by atoms with E-state index < -0.39 is 0 Å². The van der Waals surface area contributed by atoms with Crippen LogP contribution in [0.2, 0.25) is 0 Å². The van der Waals surface area contributed by atoms with Gasteiger partial charge in [-0.3, -0.25) is 0 Å². The zero-order valence-corrected chi connectivity index (χ0v) is 15.1. The second kappa shape index (κ2) is 7.67. The number of hydrogen-bond acceptors (Lipinski definition) is 6. The molecule has 0 fully saturated rings. The fraction of sp³-hybridized carbons (Fsp3) is 0. The molecule has 2 aromatic carbocycles. The second-order valence-electron chi connectivity index (χ2n) is 6.35. The summed E-state index contributed by atoms with van der Waals surface area (Å²) < 4.78 is 0. The Kier molecular flexibility index (Phi) is 4.76. The van der Waals surface area contributed by atoms with Gasteiger partial charge < -0.3 is 22.1 Å². The molecule has 0 amide bonds. The Morgan fingerprint density at radius 1 is 0.571 bits per heavy atom. The first-order valence-corrected chi connectivity index (χ1v) is 8.83. The van der Waals surface area contributed by atoms with Gasteiger partial charge in [-0.25, -0.2) is 9.97 Å². The summed E-state index contributed by atoms with van der Waals surface area (Å²) in [5.41, 5.74) is 17.3. The Bertz CT molecular complexity index is 986. The normalized spacial score (nSPS) is 10.4. The average molecular weight is 368 g/mol. The highest BCUT2D eigenvalue weighted by molar-refractivity contribution is 5.71. The monoisotopic (exact) mass is 368 g/mol. The molecule has 6 N–H and O–H groups in total. The van der Waals surface area contributed by atoms with Crippen LogP contribution in [-0.2, 0) is 0 Å². The SMILES string of the molecule is Nc1ccnc(Nc2ccc(-c3ccc(Nc4ccnc(N)c4)cc3)cc2)c1. The second-order valence-corrected chi connectivity index (χ2v) is 6.35. The van der Waals surface area contributed by atoms with Gasteiger partial charge in [0.25, 0.3) is 0 Å². The molecular formula is C22H20N6. The molecule has 2 heterocycles. The van der Waals surface area contributed by atoms with E-state index in [-0.39, 0.29) is 0 Å². The zero-order chi connectivity index (χ0) is 19.3. The number of nitrogens with zero attached hydrogens (tertiary/aromatic N) is 2. The van der Waals surface area contributed by atoms with Gasteiger partial charge in [0, 0.05) is 47.3 Å². The molecule has 0 saturated heterocycles. The van der Waals surface area contributed by atoms with Crippen molar-refractivity contribution in [2.45, 2.75) is 0 Å². The molecule has 0 radical (unpaired) electrons. The molecule has 0 aliphatic heterocycles. The third-order valence-electron chi connectivity index (χ3n) is 4.23. The lowest BCUT2D eigenvalue weighted by molar-refractivity contribution is 1.31. The van der Waals surface area contributed by atoms with Gasteiger partial charge in [-0.2, -0.15) is 0 Å². The lowest BCUT2D eigenvalue weighted by atomic mass is 10.0. The molecule has 6 heteroatoms. The molecular weight excluding hydrogens is 348 g/mol. The Balaban J connectivity index is 1.45. The van der Waals surface area contributed by atoms with E-state index in [4.69, 9.17) is 11.5 Å². The van der Waals surface area contributed by atoms with Crippen molar-refractivity contribution >= 4 is 34.4 Å². The largest absolute Gasteiger partial charge is 0.399 e. The highest BCUT2D eigenvalue weighted by Gasteiger charge is 2.01. The summed E-state index contributed by atoms with van der Waals surface area (Å²) in [5.74, 6) is 1.21. The van der Waals surface area contributed by atoms with E-state index in [1.165, 1.54) is 0 Å². The molecule has 2 aromatic heterocycles. The van der Waals surface area contributed by atoms with Crippen molar-refractivity contribution in [1.82, 2.24) is 9.97 Å². The smallest absolute Gasteiger partial charge is 0.132 e. The number of nitrogen functional groups attached to an aromatic ring is 2. The minimum Gasteiger partial charge on any atom is -0.399 e. The average Bonchev–Trinajstić information content (AvgIpc) is 2.69. The fourth-order valence-corrected chi connectivity index (χ4v) is 2.85.